The number of hydrogen-bond donors (Lipinski definition) is 3. The van der Waals surface area contributed by atoms with Crippen molar-refractivity contribution < 1.29 is 9.90 Å². The molecule has 0 aliphatic heterocycles. The van der Waals surface area contributed by atoms with Crippen molar-refractivity contribution >= 4 is 11.8 Å². The number of nitrogens with zero attached hydrogens (tertiary/aromatic N) is 1. The predicted octanol–water partition coefficient (Wildman–Crippen LogP) is 1.31. The van der Waals surface area contributed by atoms with Gasteiger partial charge in [0, 0.05) is 18.0 Å². The summed E-state index contributed by atoms with van der Waals surface area (Å²) >= 11 is 0. The molecule has 1 heterocycles. The van der Waals surface area contributed by atoms with Gasteiger partial charge in [-0.1, -0.05) is 6.92 Å². The van der Waals surface area contributed by atoms with E-state index in [0.29, 0.717) is 24.0 Å². The third kappa shape index (κ3) is 3.32. The second-order valence-corrected chi connectivity index (χ2v) is 4.64. The van der Waals surface area contributed by atoms with E-state index in [9.17, 15) is 9.59 Å². The number of anilines is 1. The van der Waals surface area contributed by atoms with Gasteiger partial charge in [0.1, 0.15) is 11.6 Å². The first kappa shape index (κ1) is 12.6. The van der Waals surface area contributed by atoms with E-state index >= 15 is 0 Å². The Bertz CT molecular complexity index is 494. The highest BCUT2D eigenvalue weighted by Gasteiger charge is 2.26. The monoisotopic (exact) mass is 251 g/mol. The lowest BCUT2D eigenvalue weighted by molar-refractivity contribution is -0.137. The number of nitrogens with one attached hydrogen (secondary N) is 2. The van der Waals surface area contributed by atoms with Gasteiger partial charge in [0.15, 0.2) is 0 Å². The van der Waals surface area contributed by atoms with Gasteiger partial charge in [-0.3, -0.25) is 9.59 Å². The molecule has 1 aliphatic carbocycles. The van der Waals surface area contributed by atoms with Crippen LogP contribution >= 0.6 is 0 Å². The van der Waals surface area contributed by atoms with E-state index in [1.54, 1.807) is 0 Å². The molecule has 0 spiro atoms. The van der Waals surface area contributed by atoms with Crippen molar-refractivity contribution in [1.82, 2.24) is 9.97 Å². The van der Waals surface area contributed by atoms with Crippen molar-refractivity contribution in [2.75, 3.05) is 5.32 Å². The lowest BCUT2D eigenvalue weighted by atomic mass is 10.1. The largest absolute Gasteiger partial charge is 0.481 e. The first-order valence-corrected chi connectivity index (χ1v) is 6.18. The quantitative estimate of drug-likeness (QED) is 0.708. The Labute approximate surface area is 104 Å². The average Bonchev–Trinajstić information content (AvgIpc) is 3.10. The number of aliphatic carboxylic acids is 1. The third-order valence-electron chi connectivity index (χ3n) is 2.99. The van der Waals surface area contributed by atoms with Crippen LogP contribution < -0.4 is 10.9 Å². The van der Waals surface area contributed by atoms with Crippen LogP contribution in [0.3, 0.4) is 0 Å². The number of hydrogen-bond acceptors (Lipinski definition) is 4. The van der Waals surface area contributed by atoms with Gasteiger partial charge >= 0.3 is 5.97 Å². The molecule has 3 N–H and O–H groups in total. The number of carbonyl (C=O) groups is 1. The molecule has 6 nitrogen and oxygen atoms in total. The summed E-state index contributed by atoms with van der Waals surface area (Å²) in [6.07, 6.45) is 2.79. The molecule has 2 rings (SSSR count). The van der Waals surface area contributed by atoms with Crippen LogP contribution in [-0.2, 0) is 4.79 Å². The summed E-state index contributed by atoms with van der Waals surface area (Å²) in [7, 11) is 0. The maximum Gasteiger partial charge on any atom is 0.305 e. The zero-order valence-corrected chi connectivity index (χ0v) is 10.3. The Morgan fingerprint density at radius 3 is 2.94 bits per heavy atom. The van der Waals surface area contributed by atoms with Gasteiger partial charge in [0.05, 0.1) is 6.42 Å². The Hall–Kier alpha value is -1.85. The molecule has 0 radical (unpaired) electrons. The van der Waals surface area contributed by atoms with Crippen molar-refractivity contribution in [3.8, 4) is 0 Å². The average molecular weight is 251 g/mol. The fourth-order valence-electron chi connectivity index (χ4n) is 1.82. The smallest absolute Gasteiger partial charge is 0.305 e. The van der Waals surface area contributed by atoms with Gasteiger partial charge in [0.2, 0.25) is 0 Å². The number of aromatic nitrogens is 2. The SMILES string of the molecule is CCC(CC(=O)O)Nc1cc(=O)[nH]c(C2CC2)n1. The van der Waals surface area contributed by atoms with Crippen molar-refractivity contribution in [3.63, 3.8) is 0 Å². The van der Waals surface area contributed by atoms with Gasteiger partial charge in [-0.05, 0) is 19.3 Å². The van der Waals surface area contributed by atoms with Crippen molar-refractivity contribution in [3.05, 3.63) is 22.2 Å². The van der Waals surface area contributed by atoms with Crippen molar-refractivity contribution in [2.24, 2.45) is 0 Å². The highest BCUT2D eigenvalue weighted by molar-refractivity contribution is 5.68. The van der Waals surface area contributed by atoms with Crippen LogP contribution in [0.1, 0.15) is 44.3 Å². The second kappa shape index (κ2) is 5.20. The minimum absolute atomic E-state index is 0.0176. The molecule has 1 saturated carbocycles. The predicted molar refractivity (Wildman–Crippen MR) is 66.8 cm³/mol. The first-order valence-electron chi connectivity index (χ1n) is 6.18. The first-order chi connectivity index (χ1) is 8.58. The van der Waals surface area contributed by atoms with Gasteiger partial charge in [-0.25, -0.2) is 4.98 Å². The fraction of sp³-hybridized carbons (Fsp3) is 0.583. The molecule has 18 heavy (non-hydrogen) atoms. The van der Waals surface area contributed by atoms with Crippen LogP contribution in [-0.4, -0.2) is 27.1 Å². The van der Waals surface area contributed by atoms with E-state index in [1.807, 2.05) is 6.92 Å². The molecule has 0 saturated heterocycles. The molecule has 6 heteroatoms. The van der Waals surface area contributed by atoms with Crippen LogP contribution in [0, 0.1) is 0 Å². The van der Waals surface area contributed by atoms with Crippen LogP contribution in [0.2, 0.25) is 0 Å². The lowest BCUT2D eigenvalue weighted by Gasteiger charge is -2.15. The van der Waals surface area contributed by atoms with Crippen LogP contribution in [0.25, 0.3) is 0 Å². The molecule has 1 aromatic heterocycles. The summed E-state index contributed by atoms with van der Waals surface area (Å²) in [6, 6.07) is 1.17. The maximum absolute atomic E-state index is 11.5. The van der Waals surface area contributed by atoms with Gasteiger partial charge in [0.25, 0.3) is 5.56 Å². The summed E-state index contributed by atoms with van der Waals surface area (Å²) in [6.45, 7) is 1.90. The molecule has 0 aromatic carbocycles. The van der Waals surface area contributed by atoms with E-state index in [1.165, 1.54) is 6.07 Å². The van der Waals surface area contributed by atoms with Crippen molar-refractivity contribution in [2.45, 2.75) is 44.6 Å². The molecular formula is C12H17N3O3. The van der Waals surface area contributed by atoms with E-state index in [0.717, 1.165) is 12.8 Å². The Balaban J connectivity index is 2.11. The molecule has 1 unspecified atom stereocenters. The molecule has 98 valence electrons. The summed E-state index contributed by atoms with van der Waals surface area (Å²) in [5, 5.41) is 11.8. The van der Waals surface area contributed by atoms with Crippen LogP contribution in [0.5, 0.6) is 0 Å². The Morgan fingerprint density at radius 2 is 2.39 bits per heavy atom. The number of aromatic amines is 1. The number of rotatable bonds is 6. The van der Waals surface area contributed by atoms with Gasteiger partial charge < -0.3 is 15.4 Å². The van der Waals surface area contributed by atoms with Gasteiger partial charge in [-0.15, -0.1) is 0 Å². The molecule has 1 aliphatic rings. The molecule has 1 fully saturated rings. The number of carboxylic acids is 1. The van der Waals surface area contributed by atoms with Crippen molar-refractivity contribution in [1.29, 1.82) is 0 Å². The van der Waals surface area contributed by atoms with Crippen LogP contribution in [0.4, 0.5) is 5.82 Å². The fourth-order valence-corrected chi connectivity index (χ4v) is 1.82. The standard InChI is InChI=1S/C12H17N3O3/c1-2-8(5-11(17)18)13-9-6-10(16)15-12(14-9)7-3-4-7/h6-8H,2-5H2,1H3,(H,17,18)(H2,13,14,15,16). The highest BCUT2D eigenvalue weighted by atomic mass is 16.4. The topological polar surface area (TPSA) is 95.1 Å². The zero-order chi connectivity index (χ0) is 13.1. The number of carboxylic acid groups (broad SMARTS) is 1. The summed E-state index contributed by atoms with van der Waals surface area (Å²) in [4.78, 5) is 29.2. The van der Waals surface area contributed by atoms with Gasteiger partial charge in [-0.2, -0.15) is 0 Å². The zero-order valence-electron chi connectivity index (χ0n) is 10.3. The summed E-state index contributed by atoms with van der Waals surface area (Å²) in [5.41, 5.74) is -0.195. The van der Waals surface area contributed by atoms with E-state index in [2.05, 4.69) is 15.3 Å². The van der Waals surface area contributed by atoms with E-state index in [4.69, 9.17) is 5.11 Å². The minimum atomic E-state index is -0.860. The normalized spacial score (nSPS) is 16.3. The molecule has 0 amide bonds. The highest BCUT2D eigenvalue weighted by Crippen LogP contribution is 2.37. The minimum Gasteiger partial charge on any atom is -0.481 e. The van der Waals surface area contributed by atoms with E-state index in [-0.39, 0.29) is 18.0 Å². The second-order valence-electron chi connectivity index (χ2n) is 4.64. The Morgan fingerprint density at radius 1 is 1.67 bits per heavy atom. The van der Waals surface area contributed by atoms with Crippen LogP contribution in [0.15, 0.2) is 10.9 Å². The summed E-state index contributed by atoms with van der Waals surface area (Å²) < 4.78 is 0. The Kier molecular flexibility index (Phi) is 3.64. The number of H-pyrrole nitrogens is 1. The third-order valence-corrected chi connectivity index (χ3v) is 2.99. The maximum atomic E-state index is 11.5. The molecule has 0 bridgehead atoms. The lowest BCUT2D eigenvalue weighted by Crippen LogP contribution is -2.24. The molecular weight excluding hydrogens is 234 g/mol. The molecule has 1 aromatic rings. The van der Waals surface area contributed by atoms with E-state index < -0.39 is 5.97 Å². The molecule has 1 atom stereocenters. The summed E-state index contributed by atoms with van der Waals surface area (Å²) in [5.74, 6) is 0.671.